The Labute approximate surface area is 177 Å². The molecule has 0 bridgehead atoms. The van der Waals surface area contributed by atoms with Gasteiger partial charge in [0.15, 0.2) is 5.65 Å². The predicted octanol–water partition coefficient (Wildman–Crippen LogP) is 4.44. The highest BCUT2D eigenvalue weighted by molar-refractivity contribution is 7.89. The van der Waals surface area contributed by atoms with Crippen molar-refractivity contribution in [3.05, 3.63) is 56.9 Å². The number of hydrogen-bond donors (Lipinski definition) is 1. The van der Waals surface area contributed by atoms with E-state index in [-0.39, 0.29) is 4.90 Å². The van der Waals surface area contributed by atoms with Gasteiger partial charge in [-0.25, -0.2) is 22.6 Å². The number of aryl methyl sites for hydroxylation is 1. The lowest BCUT2D eigenvalue weighted by Crippen LogP contribution is -2.54. The van der Waals surface area contributed by atoms with Crippen LogP contribution in [0.15, 0.2) is 35.5 Å². The molecule has 0 atom stereocenters. The van der Waals surface area contributed by atoms with Crippen LogP contribution in [0.25, 0.3) is 5.65 Å². The highest BCUT2D eigenvalue weighted by Gasteiger charge is 2.41. The van der Waals surface area contributed by atoms with Gasteiger partial charge in [-0.3, -0.25) is 0 Å². The monoisotopic (exact) mass is 458 g/mol. The van der Waals surface area contributed by atoms with Crippen LogP contribution in [0.2, 0.25) is 15.1 Å². The third-order valence-electron chi connectivity index (χ3n) is 5.07. The van der Waals surface area contributed by atoms with Crippen LogP contribution in [0.3, 0.4) is 0 Å². The van der Waals surface area contributed by atoms with Crippen molar-refractivity contribution in [3.63, 3.8) is 0 Å². The summed E-state index contributed by atoms with van der Waals surface area (Å²) in [6.07, 6.45) is 5.61. The molecule has 0 unspecified atom stereocenters. The Morgan fingerprint density at radius 1 is 1.25 bits per heavy atom. The van der Waals surface area contributed by atoms with Crippen LogP contribution in [0.1, 0.15) is 30.5 Å². The van der Waals surface area contributed by atoms with Crippen molar-refractivity contribution in [1.29, 1.82) is 0 Å². The molecule has 2 aromatic heterocycles. The zero-order valence-electron chi connectivity index (χ0n) is 14.9. The van der Waals surface area contributed by atoms with Crippen molar-refractivity contribution in [1.82, 2.24) is 19.3 Å². The second-order valence-corrected chi connectivity index (χ2v) is 10.0. The standard InChI is InChI=1S/C18H17Cl3N4O2S/c1-11-16(21)17-22-9-14(10-25(17)23-11)28(26,27)24-18(5-2-6-18)8-12-3-4-13(19)7-15(12)20/h3-4,7,9-10,24H,2,5-6,8H2,1H3. The summed E-state index contributed by atoms with van der Waals surface area (Å²) in [4.78, 5) is 4.20. The maximum atomic E-state index is 13.0. The minimum absolute atomic E-state index is 0.0349. The molecular formula is C18H17Cl3N4O2S. The topological polar surface area (TPSA) is 76.4 Å². The zero-order chi connectivity index (χ0) is 20.1. The number of nitrogens with zero attached hydrogens (tertiary/aromatic N) is 3. The molecule has 1 aliphatic carbocycles. The van der Waals surface area contributed by atoms with Crippen LogP contribution < -0.4 is 4.72 Å². The number of rotatable bonds is 5. The number of sulfonamides is 1. The molecule has 148 valence electrons. The van der Waals surface area contributed by atoms with E-state index in [4.69, 9.17) is 34.8 Å². The van der Waals surface area contributed by atoms with E-state index >= 15 is 0 Å². The van der Waals surface area contributed by atoms with E-state index in [0.717, 1.165) is 24.8 Å². The Morgan fingerprint density at radius 3 is 2.64 bits per heavy atom. The molecule has 0 saturated heterocycles. The first kappa shape index (κ1) is 19.9. The molecule has 1 saturated carbocycles. The second-order valence-electron chi connectivity index (χ2n) is 7.11. The Bertz CT molecular complexity index is 1170. The van der Waals surface area contributed by atoms with E-state index in [1.165, 1.54) is 16.9 Å². The molecule has 0 aliphatic heterocycles. The van der Waals surface area contributed by atoms with Gasteiger partial charge in [-0.05, 0) is 50.3 Å². The lowest BCUT2D eigenvalue weighted by atomic mass is 9.74. The number of halogens is 3. The smallest absolute Gasteiger partial charge is 0.234 e. The predicted molar refractivity (Wildman–Crippen MR) is 110 cm³/mol. The number of hydrogen-bond acceptors (Lipinski definition) is 4. The first-order valence-corrected chi connectivity index (χ1v) is 11.3. The fourth-order valence-corrected chi connectivity index (χ4v) is 5.47. The summed E-state index contributed by atoms with van der Waals surface area (Å²) < 4.78 is 30.3. The van der Waals surface area contributed by atoms with Crippen molar-refractivity contribution in [2.24, 2.45) is 0 Å². The molecule has 10 heteroatoms. The molecule has 2 heterocycles. The van der Waals surface area contributed by atoms with Crippen LogP contribution in [0.4, 0.5) is 0 Å². The van der Waals surface area contributed by atoms with Gasteiger partial charge in [0.05, 0.1) is 18.1 Å². The third-order valence-corrected chi connectivity index (χ3v) is 7.63. The SMILES string of the molecule is Cc1nn2cc(S(=O)(=O)NC3(Cc4ccc(Cl)cc4Cl)CCC3)cnc2c1Cl. The van der Waals surface area contributed by atoms with Crippen LogP contribution in [0, 0.1) is 6.92 Å². The van der Waals surface area contributed by atoms with Crippen molar-refractivity contribution >= 4 is 50.5 Å². The lowest BCUT2D eigenvalue weighted by Gasteiger charge is -2.42. The zero-order valence-corrected chi connectivity index (χ0v) is 18.0. The Kier molecular flexibility index (Phi) is 5.08. The number of benzene rings is 1. The van der Waals surface area contributed by atoms with E-state index in [1.807, 2.05) is 6.07 Å². The molecule has 1 fully saturated rings. The van der Waals surface area contributed by atoms with Gasteiger partial charge in [-0.1, -0.05) is 40.9 Å². The minimum Gasteiger partial charge on any atom is -0.234 e. The number of nitrogens with one attached hydrogen (secondary N) is 1. The quantitative estimate of drug-likeness (QED) is 0.612. The van der Waals surface area contributed by atoms with Crippen molar-refractivity contribution in [2.75, 3.05) is 0 Å². The Morgan fingerprint density at radius 2 is 2.00 bits per heavy atom. The van der Waals surface area contributed by atoms with Gasteiger partial charge in [0.25, 0.3) is 0 Å². The van der Waals surface area contributed by atoms with E-state index in [1.54, 1.807) is 19.1 Å². The summed E-state index contributed by atoms with van der Waals surface area (Å²) in [5.41, 5.74) is 1.29. The molecule has 4 rings (SSSR count). The molecular weight excluding hydrogens is 443 g/mol. The lowest BCUT2D eigenvalue weighted by molar-refractivity contribution is 0.220. The molecule has 0 amide bonds. The molecule has 6 nitrogen and oxygen atoms in total. The van der Waals surface area contributed by atoms with Crippen LogP contribution >= 0.6 is 34.8 Å². The van der Waals surface area contributed by atoms with E-state index in [0.29, 0.717) is 32.8 Å². The van der Waals surface area contributed by atoms with Crippen molar-refractivity contribution in [3.8, 4) is 0 Å². The van der Waals surface area contributed by atoms with Crippen LogP contribution in [-0.4, -0.2) is 28.6 Å². The highest BCUT2D eigenvalue weighted by atomic mass is 35.5. The van der Waals surface area contributed by atoms with E-state index in [2.05, 4.69) is 14.8 Å². The number of aromatic nitrogens is 3. The molecule has 1 N–H and O–H groups in total. The van der Waals surface area contributed by atoms with Crippen molar-refractivity contribution in [2.45, 2.75) is 43.0 Å². The van der Waals surface area contributed by atoms with Gasteiger partial charge < -0.3 is 0 Å². The third kappa shape index (κ3) is 3.62. The summed E-state index contributed by atoms with van der Waals surface area (Å²) >= 11 is 18.4. The normalized spacial score (nSPS) is 16.3. The fourth-order valence-electron chi connectivity index (χ4n) is 3.43. The summed E-state index contributed by atoms with van der Waals surface area (Å²) in [5, 5.41) is 5.69. The summed E-state index contributed by atoms with van der Waals surface area (Å²) in [5.74, 6) is 0. The fraction of sp³-hybridized carbons (Fsp3) is 0.333. The molecule has 1 aromatic carbocycles. The maximum Gasteiger partial charge on any atom is 0.244 e. The van der Waals surface area contributed by atoms with Crippen LogP contribution in [0.5, 0.6) is 0 Å². The van der Waals surface area contributed by atoms with Crippen molar-refractivity contribution < 1.29 is 8.42 Å². The van der Waals surface area contributed by atoms with E-state index in [9.17, 15) is 8.42 Å². The van der Waals surface area contributed by atoms with Crippen LogP contribution in [-0.2, 0) is 16.4 Å². The maximum absolute atomic E-state index is 13.0. The van der Waals surface area contributed by atoms with Gasteiger partial charge in [-0.2, -0.15) is 5.10 Å². The molecule has 1 aliphatic rings. The van der Waals surface area contributed by atoms with Gasteiger partial charge in [0.1, 0.15) is 9.92 Å². The first-order chi connectivity index (χ1) is 13.2. The number of fused-ring (bicyclic) bond motifs is 1. The Balaban J connectivity index is 1.63. The first-order valence-electron chi connectivity index (χ1n) is 8.68. The molecule has 0 radical (unpaired) electrons. The largest absolute Gasteiger partial charge is 0.244 e. The van der Waals surface area contributed by atoms with E-state index < -0.39 is 15.6 Å². The van der Waals surface area contributed by atoms with Gasteiger partial charge in [0, 0.05) is 15.6 Å². The summed E-state index contributed by atoms with van der Waals surface area (Å²) in [6, 6.07) is 5.26. The van der Waals surface area contributed by atoms with Gasteiger partial charge in [-0.15, -0.1) is 0 Å². The molecule has 28 heavy (non-hydrogen) atoms. The van der Waals surface area contributed by atoms with Gasteiger partial charge >= 0.3 is 0 Å². The Hall–Kier alpha value is -1.38. The average Bonchev–Trinajstić information content (AvgIpc) is 2.89. The highest BCUT2D eigenvalue weighted by Crippen LogP contribution is 2.38. The second kappa shape index (κ2) is 7.15. The minimum atomic E-state index is -3.80. The summed E-state index contributed by atoms with van der Waals surface area (Å²) in [7, 11) is -3.80. The summed E-state index contributed by atoms with van der Waals surface area (Å²) in [6.45, 7) is 1.74. The van der Waals surface area contributed by atoms with Gasteiger partial charge in [0.2, 0.25) is 10.0 Å². The average molecular weight is 460 g/mol. The molecule has 0 spiro atoms. The molecule has 3 aromatic rings.